The lowest BCUT2D eigenvalue weighted by Crippen LogP contribution is -2.57. The van der Waals surface area contributed by atoms with Crippen molar-refractivity contribution in [1.29, 1.82) is 0 Å². The minimum absolute atomic E-state index is 0.139. The second kappa shape index (κ2) is 4.92. The third-order valence-electron chi connectivity index (χ3n) is 3.28. The van der Waals surface area contributed by atoms with E-state index in [0.717, 1.165) is 45.6 Å². The van der Waals surface area contributed by atoms with Crippen molar-refractivity contribution in [3.8, 4) is 0 Å². The lowest BCUT2D eigenvalue weighted by atomic mass is 10.0. The summed E-state index contributed by atoms with van der Waals surface area (Å²) in [6.45, 7) is 4.44. The molecule has 0 aromatic heterocycles. The molecule has 2 atom stereocenters. The summed E-state index contributed by atoms with van der Waals surface area (Å²) >= 11 is 0. The number of carbonyl (C=O) groups is 1. The van der Waals surface area contributed by atoms with E-state index in [1.165, 1.54) is 0 Å². The topological polar surface area (TPSA) is 64.6 Å². The van der Waals surface area contributed by atoms with Gasteiger partial charge < -0.3 is 15.7 Å². The third-order valence-corrected chi connectivity index (χ3v) is 3.28. The van der Waals surface area contributed by atoms with Crippen molar-refractivity contribution in [2.45, 2.75) is 24.9 Å². The number of piperazine rings is 1. The van der Waals surface area contributed by atoms with E-state index >= 15 is 0 Å². The van der Waals surface area contributed by atoms with Gasteiger partial charge in [0.25, 0.3) is 0 Å². The number of hydrogen-bond acceptors (Lipinski definition) is 4. The van der Waals surface area contributed by atoms with Crippen LogP contribution in [0.1, 0.15) is 12.8 Å². The molecule has 86 valence electrons. The number of carboxylic acids is 1. The molecule has 2 aliphatic rings. The molecule has 0 aromatic rings. The van der Waals surface area contributed by atoms with Crippen LogP contribution in [0.2, 0.25) is 0 Å². The highest BCUT2D eigenvalue weighted by Gasteiger charge is 2.35. The molecule has 2 heterocycles. The molecule has 0 spiro atoms. The number of nitrogens with one attached hydrogen (secondary N) is 2. The SMILES string of the molecule is O=C(O)C(C1CCCN1)N1CCNCC1. The zero-order valence-electron chi connectivity index (χ0n) is 8.91. The first-order valence-electron chi connectivity index (χ1n) is 5.70. The average Bonchev–Trinajstić information content (AvgIpc) is 2.72. The summed E-state index contributed by atoms with van der Waals surface area (Å²) in [5.74, 6) is -0.684. The van der Waals surface area contributed by atoms with Crippen LogP contribution >= 0.6 is 0 Å². The molecule has 0 saturated carbocycles. The molecule has 0 aromatic carbocycles. The van der Waals surface area contributed by atoms with E-state index in [1.54, 1.807) is 0 Å². The smallest absolute Gasteiger partial charge is 0.322 e. The van der Waals surface area contributed by atoms with Crippen LogP contribution in [0.15, 0.2) is 0 Å². The van der Waals surface area contributed by atoms with Crippen LogP contribution in [0, 0.1) is 0 Å². The Kier molecular flexibility index (Phi) is 3.56. The maximum Gasteiger partial charge on any atom is 0.322 e. The van der Waals surface area contributed by atoms with Gasteiger partial charge in [0, 0.05) is 32.2 Å². The Bertz CT molecular complexity index is 223. The Morgan fingerprint density at radius 2 is 2.07 bits per heavy atom. The maximum atomic E-state index is 11.3. The van der Waals surface area contributed by atoms with Gasteiger partial charge in [0.2, 0.25) is 0 Å². The van der Waals surface area contributed by atoms with Gasteiger partial charge in [-0.3, -0.25) is 9.69 Å². The largest absolute Gasteiger partial charge is 0.480 e. The highest BCUT2D eigenvalue weighted by Crippen LogP contribution is 2.15. The molecule has 5 heteroatoms. The Labute approximate surface area is 89.8 Å². The van der Waals surface area contributed by atoms with Gasteiger partial charge in [-0.25, -0.2) is 0 Å². The summed E-state index contributed by atoms with van der Waals surface area (Å²) in [4.78, 5) is 13.4. The van der Waals surface area contributed by atoms with Crippen molar-refractivity contribution in [2.24, 2.45) is 0 Å². The number of aliphatic carboxylic acids is 1. The molecule has 0 amide bonds. The normalized spacial score (nSPS) is 30.3. The van der Waals surface area contributed by atoms with Crippen LogP contribution in [-0.4, -0.2) is 60.8 Å². The summed E-state index contributed by atoms with van der Waals surface area (Å²) < 4.78 is 0. The quantitative estimate of drug-likeness (QED) is 0.567. The van der Waals surface area contributed by atoms with Crippen molar-refractivity contribution in [3.63, 3.8) is 0 Å². The number of hydrogen-bond donors (Lipinski definition) is 3. The Morgan fingerprint density at radius 3 is 2.60 bits per heavy atom. The predicted octanol–water partition coefficient (Wildman–Crippen LogP) is -0.903. The van der Waals surface area contributed by atoms with Crippen molar-refractivity contribution in [3.05, 3.63) is 0 Å². The summed E-state index contributed by atoms with van der Waals surface area (Å²) in [5.41, 5.74) is 0. The molecular weight excluding hydrogens is 194 g/mol. The van der Waals surface area contributed by atoms with Crippen molar-refractivity contribution in [1.82, 2.24) is 15.5 Å². The molecule has 2 rings (SSSR count). The van der Waals surface area contributed by atoms with E-state index in [0.29, 0.717) is 0 Å². The van der Waals surface area contributed by atoms with E-state index in [4.69, 9.17) is 0 Å². The molecule has 3 N–H and O–H groups in total. The highest BCUT2D eigenvalue weighted by atomic mass is 16.4. The van der Waals surface area contributed by atoms with Crippen molar-refractivity contribution < 1.29 is 9.90 Å². The first-order valence-corrected chi connectivity index (χ1v) is 5.70. The lowest BCUT2D eigenvalue weighted by molar-refractivity contribution is -0.144. The van der Waals surface area contributed by atoms with Gasteiger partial charge >= 0.3 is 5.97 Å². The van der Waals surface area contributed by atoms with Crippen LogP contribution in [0.3, 0.4) is 0 Å². The zero-order valence-corrected chi connectivity index (χ0v) is 8.91. The van der Waals surface area contributed by atoms with Gasteiger partial charge in [0.15, 0.2) is 0 Å². The van der Waals surface area contributed by atoms with E-state index in [1.807, 2.05) is 0 Å². The van der Waals surface area contributed by atoms with E-state index < -0.39 is 5.97 Å². The molecule has 0 bridgehead atoms. The number of nitrogens with zero attached hydrogens (tertiary/aromatic N) is 1. The molecule has 2 saturated heterocycles. The molecule has 2 fully saturated rings. The zero-order chi connectivity index (χ0) is 10.7. The maximum absolute atomic E-state index is 11.3. The van der Waals surface area contributed by atoms with E-state index in [9.17, 15) is 9.90 Å². The molecule has 2 aliphatic heterocycles. The predicted molar refractivity (Wildman–Crippen MR) is 56.9 cm³/mol. The minimum atomic E-state index is -0.684. The Morgan fingerprint density at radius 1 is 1.33 bits per heavy atom. The Balaban J connectivity index is 2.00. The second-order valence-corrected chi connectivity index (χ2v) is 4.27. The molecule has 0 aliphatic carbocycles. The van der Waals surface area contributed by atoms with Gasteiger partial charge in [-0.1, -0.05) is 0 Å². The summed E-state index contributed by atoms with van der Waals surface area (Å²) in [5, 5.41) is 15.8. The van der Waals surface area contributed by atoms with Crippen LogP contribution in [-0.2, 0) is 4.79 Å². The molecule has 15 heavy (non-hydrogen) atoms. The number of rotatable bonds is 3. The van der Waals surface area contributed by atoms with Crippen molar-refractivity contribution >= 4 is 5.97 Å². The average molecular weight is 213 g/mol. The standard InChI is InChI=1S/C10H19N3O2/c14-10(15)9(8-2-1-3-12-8)13-6-4-11-5-7-13/h8-9,11-12H,1-7H2,(H,14,15). The van der Waals surface area contributed by atoms with Gasteiger partial charge in [-0.15, -0.1) is 0 Å². The molecule has 2 unspecified atom stereocenters. The van der Waals surface area contributed by atoms with Crippen LogP contribution < -0.4 is 10.6 Å². The van der Waals surface area contributed by atoms with E-state index in [2.05, 4.69) is 15.5 Å². The van der Waals surface area contributed by atoms with Gasteiger partial charge in [0.05, 0.1) is 0 Å². The summed E-state index contributed by atoms with van der Waals surface area (Å²) in [6.07, 6.45) is 2.08. The van der Waals surface area contributed by atoms with Crippen LogP contribution in [0.25, 0.3) is 0 Å². The molecule has 0 radical (unpaired) electrons. The van der Waals surface area contributed by atoms with Crippen molar-refractivity contribution in [2.75, 3.05) is 32.7 Å². The molecular formula is C10H19N3O2. The monoisotopic (exact) mass is 213 g/mol. The van der Waals surface area contributed by atoms with Crippen LogP contribution in [0.5, 0.6) is 0 Å². The van der Waals surface area contributed by atoms with Gasteiger partial charge in [-0.05, 0) is 19.4 Å². The highest BCUT2D eigenvalue weighted by molar-refractivity contribution is 5.74. The fourth-order valence-electron chi connectivity index (χ4n) is 2.52. The first-order chi connectivity index (χ1) is 7.29. The molecule has 5 nitrogen and oxygen atoms in total. The Hall–Kier alpha value is -0.650. The second-order valence-electron chi connectivity index (χ2n) is 4.27. The summed E-state index contributed by atoms with van der Waals surface area (Å²) in [7, 11) is 0. The van der Waals surface area contributed by atoms with E-state index in [-0.39, 0.29) is 12.1 Å². The first kappa shape index (κ1) is 10.9. The van der Waals surface area contributed by atoms with Gasteiger partial charge in [-0.2, -0.15) is 0 Å². The minimum Gasteiger partial charge on any atom is -0.480 e. The van der Waals surface area contributed by atoms with Gasteiger partial charge in [0.1, 0.15) is 6.04 Å². The van der Waals surface area contributed by atoms with Crippen LogP contribution in [0.4, 0.5) is 0 Å². The lowest BCUT2D eigenvalue weighted by Gasteiger charge is -2.35. The fourth-order valence-corrected chi connectivity index (χ4v) is 2.52. The number of carboxylic acid groups (broad SMARTS) is 1. The third kappa shape index (κ3) is 2.48. The fraction of sp³-hybridized carbons (Fsp3) is 0.900. The summed E-state index contributed by atoms with van der Waals surface area (Å²) in [6, 6.07) is -0.199.